The van der Waals surface area contributed by atoms with Crippen LogP contribution in [0.3, 0.4) is 0 Å². The van der Waals surface area contributed by atoms with E-state index in [0.29, 0.717) is 13.0 Å². The molecule has 28 heavy (non-hydrogen) atoms. The Morgan fingerprint density at radius 3 is 2.04 bits per heavy atom. The highest BCUT2D eigenvalue weighted by Gasteiger charge is 2.32. The van der Waals surface area contributed by atoms with Gasteiger partial charge in [-0.05, 0) is 22.3 Å². The Balaban J connectivity index is 1.46. The Bertz CT molecular complexity index is 953. The normalized spacial score (nSPS) is 16.7. The lowest BCUT2D eigenvalue weighted by Gasteiger charge is -2.32. The minimum Gasteiger partial charge on any atom is -0.342 e. The van der Waals surface area contributed by atoms with Crippen LogP contribution in [0.4, 0.5) is 0 Å². The van der Waals surface area contributed by atoms with E-state index in [2.05, 4.69) is 29.6 Å². The van der Waals surface area contributed by atoms with Crippen molar-refractivity contribution in [1.29, 1.82) is 0 Å². The van der Waals surface area contributed by atoms with Gasteiger partial charge in [-0.3, -0.25) is 9.59 Å². The Morgan fingerprint density at radius 1 is 0.750 bits per heavy atom. The fourth-order valence-corrected chi connectivity index (χ4v) is 3.55. The molecule has 1 fully saturated rings. The smallest absolute Gasteiger partial charge is 0.246 e. The van der Waals surface area contributed by atoms with E-state index < -0.39 is 6.04 Å². The van der Waals surface area contributed by atoms with Crippen LogP contribution in [0.2, 0.25) is 0 Å². The average Bonchev–Trinajstić information content (AvgIpc) is 2.73. The van der Waals surface area contributed by atoms with E-state index in [0.717, 1.165) is 22.3 Å². The third kappa shape index (κ3) is 4.12. The van der Waals surface area contributed by atoms with Gasteiger partial charge in [0.2, 0.25) is 11.8 Å². The maximum Gasteiger partial charge on any atom is 0.246 e. The Morgan fingerprint density at radius 2 is 1.36 bits per heavy atom. The SMILES string of the molecule is O=C1CN(Cc2ccccc2)C(=O)[C@H](Cc2ccc(-c3ccccc3)cc2)N1. The standard InChI is InChI=1S/C24H22N2O2/c27-23-17-26(16-19-7-3-1-4-8-19)24(28)22(25-23)15-18-11-13-21(14-12-18)20-9-5-2-6-10-20/h1-14,22H,15-17H2,(H,25,27)/t22-/m0/s1. The van der Waals surface area contributed by atoms with Crippen LogP contribution in [0.5, 0.6) is 0 Å². The molecule has 3 aromatic carbocycles. The summed E-state index contributed by atoms with van der Waals surface area (Å²) in [7, 11) is 0. The predicted octanol–water partition coefficient (Wildman–Crippen LogP) is 3.42. The third-order valence-corrected chi connectivity index (χ3v) is 5.00. The molecule has 0 bridgehead atoms. The number of amides is 2. The Hall–Kier alpha value is -3.40. The van der Waals surface area contributed by atoms with Crippen molar-refractivity contribution in [1.82, 2.24) is 10.2 Å². The monoisotopic (exact) mass is 370 g/mol. The van der Waals surface area contributed by atoms with Crippen molar-refractivity contribution in [2.75, 3.05) is 6.54 Å². The molecule has 3 aromatic rings. The van der Waals surface area contributed by atoms with E-state index in [9.17, 15) is 9.59 Å². The van der Waals surface area contributed by atoms with Gasteiger partial charge in [-0.1, -0.05) is 84.9 Å². The number of rotatable bonds is 5. The van der Waals surface area contributed by atoms with Crippen LogP contribution in [-0.2, 0) is 22.6 Å². The lowest BCUT2D eigenvalue weighted by molar-refractivity contribution is -0.144. The molecule has 0 spiro atoms. The summed E-state index contributed by atoms with van der Waals surface area (Å²) in [5, 5.41) is 2.85. The van der Waals surface area contributed by atoms with E-state index in [4.69, 9.17) is 0 Å². The van der Waals surface area contributed by atoms with Crippen molar-refractivity contribution in [2.24, 2.45) is 0 Å². The van der Waals surface area contributed by atoms with Crippen LogP contribution in [0, 0.1) is 0 Å². The molecule has 4 heteroatoms. The quantitative estimate of drug-likeness (QED) is 0.748. The van der Waals surface area contributed by atoms with Crippen molar-refractivity contribution in [3.05, 3.63) is 96.1 Å². The van der Waals surface area contributed by atoms with Crippen LogP contribution >= 0.6 is 0 Å². The van der Waals surface area contributed by atoms with Gasteiger partial charge in [-0.25, -0.2) is 0 Å². The number of nitrogens with zero attached hydrogens (tertiary/aromatic N) is 1. The first-order chi connectivity index (χ1) is 13.7. The summed E-state index contributed by atoms with van der Waals surface area (Å²) in [5.74, 6) is -0.142. The summed E-state index contributed by atoms with van der Waals surface area (Å²) < 4.78 is 0. The van der Waals surface area contributed by atoms with Gasteiger partial charge in [0.15, 0.2) is 0 Å². The van der Waals surface area contributed by atoms with Crippen molar-refractivity contribution in [2.45, 2.75) is 19.0 Å². The molecule has 0 radical (unpaired) electrons. The van der Waals surface area contributed by atoms with Crippen molar-refractivity contribution in [3.8, 4) is 11.1 Å². The summed E-state index contributed by atoms with van der Waals surface area (Å²) in [6, 6.07) is 27.6. The molecule has 1 aliphatic rings. The van der Waals surface area contributed by atoms with E-state index >= 15 is 0 Å². The minimum absolute atomic E-state index is 0.0319. The van der Waals surface area contributed by atoms with Crippen LogP contribution in [0.25, 0.3) is 11.1 Å². The molecule has 0 aliphatic carbocycles. The van der Waals surface area contributed by atoms with E-state index in [-0.39, 0.29) is 18.4 Å². The van der Waals surface area contributed by atoms with Crippen LogP contribution < -0.4 is 5.32 Å². The molecule has 4 rings (SSSR count). The second-order valence-corrected chi connectivity index (χ2v) is 7.07. The van der Waals surface area contributed by atoms with Gasteiger partial charge < -0.3 is 10.2 Å². The highest BCUT2D eigenvalue weighted by molar-refractivity contribution is 5.95. The molecule has 1 N–H and O–H groups in total. The first-order valence-corrected chi connectivity index (χ1v) is 9.45. The topological polar surface area (TPSA) is 49.4 Å². The first-order valence-electron chi connectivity index (χ1n) is 9.45. The van der Waals surface area contributed by atoms with E-state index in [1.165, 1.54) is 0 Å². The molecule has 0 aromatic heterocycles. The molecule has 4 nitrogen and oxygen atoms in total. The summed E-state index contributed by atoms with van der Waals surface area (Å²) >= 11 is 0. The van der Waals surface area contributed by atoms with Crippen molar-refractivity contribution >= 4 is 11.8 Å². The number of nitrogens with one attached hydrogen (secondary N) is 1. The van der Waals surface area contributed by atoms with Crippen LogP contribution in [0.1, 0.15) is 11.1 Å². The summed E-state index contributed by atoms with van der Waals surface area (Å²) in [6.07, 6.45) is 0.491. The average molecular weight is 370 g/mol. The van der Waals surface area contributed by atoms with Crippen molar-refractivity contribution in [3.63, 3.8) is 0 Å². The number of benzene rings is 3. The zero-order chi connectivity index (χ0) is 19.3. The predicted molar refractivity (Wildman–Crippen MR) is 109 cm³/mol. The zero-order valence-electron chi connectivity index (χ0n) is 15.5. The van der Waals surface area contributed by atoms with Gasteiger partial charge in [-0.2, -0.15) is 0 Å². The highest BCUT2D eigenvalue weighted by Crippen LogP contribution is 2.20. The summed E-state index contributed by atoms with van der Waals surface area (Å²) in [5.41, 5.74) is 4.34. The van der Waals surface area contributed by atoms with Gasteiger partial charge in [0.1, 0.15) is 6.04 Å². The fourth-order valence-electron chi connectivity index (χ4n) is 3.55. The number of hydrogen-bond donors (Lipinski definition) is 1. The highest BCUT2D eigenvalue weighted by atomic mass is 16.2. The first kappa shape index (κ1) is 18.0. The fraction of sp³-hybridized carbons (Fsp3) is 0.167. The molecule has 0 unspecified atom stereocenters. The van der Waals surface area contributed by atoms with E-state index in [1.54, 1.807) is 4.90 Å². The van der Waals surface area contributed by atoms with Gasteiger partial charge in [0.25, 0.3) is 0 Å². The van der Waals surface area contributed by atoms with Crippen molar-refractivity contribution < 1.29 is 9.59 Å². The molecule has 1 aliphatic heterocycles. The third-order valence-electron chi connectivity index (χ3n) is 5.00. The molecule has 1 heterocycles. The molecule has 1 atom stereocenters. The number of carbonyl (C=O) groups is 2. The lowest BCUT2D eigenvalue weighted by Crippen LogP contribution is -2.58. The maximum absolute atomic E-state index is 12.9. The van der Waals surface area contributed by atoms with Gasteiger partial charge in [-0.15, -0.1) is 0 Å². The molecular weight excluding hydrogens is 348 g/mol. The number of hydrogen-bond acceptors (Lipinski definition) is 2. The lowest BCUT2D eigenvalue weighted by atomic mass is 9.99. The maximum atomic E-state index is 12.9. The van der Waals surface area contributed by atoms with Crippen LogP contribution in [0.15, 0.2) is 84.9 Å². The zero-order valence-corrected chi connectivity index (χ0v) is 15.5. The number of piperazine rings is 1. The Labute approximate surface area is 164 Å². The van der Waals surface area contributed by atoms with Crippen LogP contribution in [-0.4, -0.2) is 29.3 Å². The van der Waals surface area contributed by atoms with E-state index in [1.807, 2.05) is 60.7 Å². The molecule has 2 amide bonds. The summed E-state index contributed by atoms with van der Waals surface area (Å²) in [6.45, 7) is 0.563. The minimum atomic E-state index is -0.521. The van der Waals surface area contributed by atoms with Gasteiger partial charge >= 0.3 is 0 Å². The molecular formula is C24H22N2O2. The Kier molecular flexibility index (Phi) is 5.20. The van der Waals surface area contributed by atoms with Gasteiger partial charge in [0.05, 0.1) is 6.54 Å². The molecule has 140 valence electrons. The largest absolute Gasteiger partial charge is 0.342 e. The number of carbonyl (C=O) groups excluding carboxylic acids is 2. The second kappa shape index (κ2) is 8.09. The second-order valence-electron chi connectivity index (χ2n) is 7.07. The summed E-state index contributed by atoms with van der Waals surface area (Å²) in [4.78, 5) is 26.7. The molecule has 0 saturated carbocycles. The molecule has 1 saturated heterocycles. The van der Waals surface area contributed by atoms with Gasteiger partial charge in [0, 0.05) is 13.0 Å².